The zero-order valence-electron chi connectivity index (χ0n) is 18.4. The number of nitrogens with two attached hydrogens (primary N) is 1. The van der Waals surface area contributed by atoms with E-state index in [0.717, 1.165) is 5.56 Å². The summed E-state index contributed by atoms with van der Waals surface area (Å²) in [6, 6.07) is 14.9. The smallest absolute Gasteiger partial charge is 0.429 e. The summed E-state index contributed by atoms with van der Waals surface area (Å²) in [5.41, 5.74) is 5.09. The first-order chi connectivity index (χ1) is 16.3. The number of benzene rings is 1. The van der Waals surface area contributed by atoms with Crippen molar-refractivity contribution in [2.75, 3.05) is 5.73 Å². The lowest BCUT2D eigenvalue weighted by molar-refractivity contribution is -0.182. The van der Waals surface area contributed by atoms with Crippen LogP contribution in [0.5, 0.6) is 0 Å². The van der Waals surface area contributed by atoms with Crippen LogP contribution in [0.15, 0.2) is 48.8 Å². The number of carbonyl (C=O) groups is 1. The molecule has 1 aliphatic carbocycles. The van der Waals surface area contributed by atoms with Crippen LogP contribution in [0.2, 0.25) is 0 Å². The Labute approximate surface area is 193 Å². The highest BCUT2D eigenvalue weighted by Crippen LogP contribution is 2.71. The van der Waals surface area contributed by atoms with Gasteiger partial charge < -0.3 is 29.4 Å². The number of nitrogens with zero attached hydrogens (tertiary/aromatic N) is 4. The fourth-order valence-corrected chi connectivity index (χ4v) is 5.08. The topological polar surface area (TPSA) is 143 Å². The molecule has 2 N–H and O–H groups in total. The summed E-state index contributed by atoms with van der Waals surface area (Å²) in [6.07, 6.45) is -2.08. The second-order valence-electron chi connectivity index (χ2n) is 8.94. The highest BCUT2D eigenvalue weighted by Gasteiger charge is 2.96. The van der Waals surface area contributed by atoms with Gasteiger partial charge in [-0.15, -0.1) is 0 Å². The molecular formula is C23H21N5O6. The molecule has 1 spiro atoms. The van der Waals surface area contributed by atoms with E-state index < -0.39 is 41.5 Å². The lowest BCUT2D eigenvalue weighted by atomic mass is 10.0. The summed E-state index contributed by atoms with van der Waals surface area (Å²) in [7, 11) is 0. The van der Waals surface area contributed by atoms with Gasteiger partial charge in [0, 0.05) is 0 Å². The van der Waals surface area contributed by atoms with Gasteiger partial charge in [-0.05, 0) is 31.5 Å². The van der Waals surface area contributed by atoms with Gasteiger partial charge >= 0.3 is 6.16 Å². The van der Waals surface area contributed by atoms with Crippen LogP contribution in [-0.2, 0) is 30.3 Å². The molecule has 2 aliphatic heterocycles. The van der Waals surface area contributed by atoms with Gasteiger partial charge in [-0.3, -0.25) is 0 Å². The van der Waals surface area contributed by atoms with Gasteiger partial charge in [0.05, 0.1) is 5.69 Å². The number of fused-ring (bicyclic) bond motifs is 1. The predicted octanol–water partition coefficient (Wildman–Crippen LogP) is 2.27. The van der Waals surface area contributed by atoms with Crippen molar-refractivity contribution < 1.29 is 28.5 Å². The number of hydrogen-bond acceptors (Lipinski definition) is 10. The normalized spacial score (nSPS) is 32.6. The van der Waals surface area contributed by atoms with Gasteiger partial charge in [-0.2, -0.15) is 10.4 Å². The van der Waals surface area contributed by atoms with E-state index >= 15 is 0 Å². The summed E-state index contributed by atoms with van der Waals surface area (Å²) in [5.74, 6) is -0.734. The van der Waals surface area contributed by atoms with Crippen molar-refractivity contribution in [3.63, 3.8) is 0 Å². The van der Waals surface area contributed by atoms with Crippen LogP contribution in [-0.4, -0.2) is 50.0 Å². The Balaban J connectivity index is 1.29. The molecule has 11 heteroatoms. The zero-order valence-corrected chi connectivity index (χ0v) is 18.4. The molecule has 1 aromatic carbocycles. The Morgan fingerprint density at radius 1 is 1.24 bits per heavy atom. The molecule has 0 radical (unpaired) electrons. The predicted molar refractivity (Wildman–Crippen MR) is 114 cm³/mol. The molecule has 3 aromatic rings. The molecule has 3 fully saturated rings. The third kappa shape index (κ3) is 2.70. The molecule has 0 amide bonds. The Bertz CT molecular complexity index is 1340. The first kappa shape index (κ1) is 20.9. The van der Waals surface area contributed by atoms with Gasteiger partial charge in [-0.25, -0.2) is 14.3 Å². The maximum absolute atomic E-state index is 12.5. The third-order valence-electron chi connectivity index (χ3n) is 6.47. The number of aromatic nitrogens is 3. The number of carbonyl (C=O) groups excluding carboxylic acids is 1. The van der Waals surface area contributed by atoms with Crippen LogP contribution < -0.4 is 5.73 Å². The molecule has 6 rings (SSSR count). The first-order valence-electron chi connectivity index (χ1n) is 10.7. The number of nitriles is 1. The lowest BCUT2D eigenvalue weighted by Gasteiger charge is -2.24. The van der Waals surface area contributed by atoms with Crippen LogP contribution in [0.3, 0.4) is 0 Å². The maximum Gasteiger partial charge on any atom is 0.509 e. The van der Waals surface area contributed by atoms with Crippen LogP contribution in [0, 0.1) is 11.3 Å². The Morgan fingerprint density at radius 2 is 2.03 bits per heavy atom. The van der Waals surface area contributed by atoms with E-state index in [9.17, 15) is 10.1 Å². The SMILES string of the molecule is CC1(C)O[C@H]2[C@H](c3ccc4c(N)ncnn34)O[C@]3(C#N)C(OC(=O)OCc4ccccc4)[C@]23O1. The van der Waals surface area contributed by atoms with Crippen LogP contribution in [0.4, 0.5) is 10.6 Å². The molecular weight excluding hydrogens is 442 g/mol. The number of anilines is 1. The monoisotopic (exact) mass is 463 g/mol. The van der Waals surface area contributed by atoms with E-state index in [-0.39, 0.29) is 6.61 Å². The molecule has 174 valence electrons. The Morgan fingerprint density at radius 3 is 2.79 bits per heavy atom. The van der Waals surface area contributed by atoms with Crippen molar-refractivity contribution >= 4 is 17.5 Å². The Hall–Kier alpha value is -3.72. The standard InChI is InChI=1S/C23H21N5O6/c1-21(2)33-17-16(14-8-9-15-18(25)26-12-27-28(14)15)32-22(11-24)19(23(17,22)34-21)31-20(29)30-10-13-6-4-3-5-7-13/h3-9,12,16-17,19H,10H2,1-2H3,(H2,25,26,27)/t16-,17-,19?,22+,23+/m0/s1. The minimum atomic E-state index is -1.56. The van der Waals surface area contributed by atoms with Crippen molar-refractivity contribution in [3.05, 3.63) is 60.0 Å². The summed E-state index contributed by atoms with van der Waals surface area (Å²) in [4.78, 5) is 16.5. The van der Waals surface area contributed by atoms with Crippen molar-refractivity contribution in [2.45, 2.75) is 55.8 Å². The van der Waals surface area contributed by atoms with Crippen LogP contribution >= 0.6 is 0 Å². The largest absolute Gasteiger partial charge is 0.509 e. The van der Waals surface area contributed by atoms with Gasteiger partial charge in [-0.1, -0.05) is 30.3 Å². The molecule has 11 nitrogen and oxygen atoms in total. The quantitative estimate of drug-likeness (QED) is 0.572. The van der Waals surface area contributed by atoms with Crippen molar-refractivity contribution in [3.8, 4) is 6.07 Å². The zero-order chi connectivity index (χ0) is 23.7. The third-order valence-corrected chi connectivity index (χ3v) is 6.47. The number of ether oxygens (including phenoxy) is 5. The van der Waals surface area contributed by atoms with Crippen molar-refractivity contribution in [1.82, 2.24) is 14.6 Å². The fourth-order valence-electron chi connectivity index (χ4n) is 5.08. The molecule has 1 saturated carbocycles. The summed E-state index contributed by atoms with van der Waals surface area (Å²) in [6.45, 7) is 3.50. The van der Waals surface area contributed by atoms with E-state index in [1.54, 1.807) is 30.5 Å². The van der Waals surface area contributed by atoms with Gasteiger partial charge in [0.1, 0.15) is 36.7 Å². The lowest BCUT2D eigenvalue weighted by Crippen LogP contribution is -2.34. The van der Waals surface area contributed by atoms with Gasteiger partial charge in [0.2, 0.25) is 5.60 Å². The molecule has 1 unspecified atom stereocenters. The van der Waals surface area contributed by atoms with Crippen molar-refractivity contribution in [2.24, 2.45) is 0 Å². The van der Waals surface area contributed by atoms with Crippen molar-refractivity contribution in [1.29, 1.82) is 5.26 Å². The minimum absolute atomic E-state index is 0.0337. The van der Waals surface area contributed by atoms with E-state index in [1.807, 2.05) is 30.3 Å². The molecule has 5 atom stereocenters. The number of rotatable bonds is 4. The second kappa shape index (κ2) is 6.89. The molecule has 3 aliphatic rings. The van der Waals surface area contributed by atoms with E-state index in [2.05, 4.69) is 16.2 Å². The molecule has 4 heterocycles. The molecule has 2 saturated heterocycles. The number of nitrogen functional groups attached to an aromatic ring is 1. The van der Waals surface area contributed by atoms with Crippen LogP contribution in [0.25, 0.3) is 5.52 Å². The Kier molecular flexibility index (Phi) is 4.23. The average molecular weight is 463 g/mol. The summed E-state index contributed by atoms with van der Waals surface area (Å²) < 4.78 is 31.0. The van der Waals surface area contributed by atoms with E-state index in [1.165, 1.54) is 6.33 Å². The fraction of sp³-hybridized carbons (Fsp3) is 0.391. The number of hydrogen-bond donors (Lipinski definition) is 1. The molecule has 2 aromatic heterocycles. The molecule has 0 bridgehead atoms. The highest BCUT2D eigenvalue weighted by atomic mass is 16.8. The van der Waals surface area contributed by atoms with Gasteiger partial charge in [0.15, 0.2) is 23.3 Å². The van der Waals surface area contributed by atoms with Crippen LogP contribution in [0.1, 0.15) is 31.2 Å². The van der Waals surface area contributed by atoms with E-state index in [4.69, 9.17) is 29.4 Å². The van der Waals surface area contributed by atoms with E-state index in [0.29, 0.717) is 17.0 Å². The van der Waals surface area contributed by atoms with Gasteiger partial charge in [0.25, 0.3) is 0 Å². The molecule has 34 heavy (non-hydrogen) atoms. The minimum Gasteiger partial charge on any atom is -0.429 e. The second-order valence-corrected chi connectivity index (χ2v) is 8.94. The summed E-state index contributed by atoms with van der Waals surface area (Å²) >= 11 is 0. The maximum atomic E-state index is 12.5. The first-order valence-corrected chi connectivity index (χ1v) is 10.7. The average Bonchev–Trinajstić information content (AvgIpc) is 3.18. The highest BCUT2D eigenvalue weighted by molar-refractivity contribution is 5.66. The summed E-state index contributed by atoms with van der Waals surface area (Å²) in [5, 5.41) is 14.4.